The highest BCUT2D eigenvalue weighted by atomic mass is 35.5. The molecular weight excluding hydrogens is 332 g/mol. The Morgan fingerprint density at radius 1 is 1.29 bits per heavy atom. The van der Waals surface area contributed by atoms with Gasteiger partial charge in [-0.3, -0.25) is 14.9 Å². The minimum Gasteiger partial charge on any atom is -0.451 e. The predicted molar refractivity (Wildman–Crippen MR) is 90.1 cm³/mol. The van der Waals surface area contributed by atoms with Crippen LogP contribution in [-0.2, 0) is 0 Å². The average Bonchev–Trinajstić information content (AvgIpc) is 3.05. The number of likely N-dealkylation sites (tertiary alicyclic amines) is 1. The zero-order valence-corrected chi connectivity index (χ0v) is 14.0. The normalized spacial score (nSPS) is 15.5. The molecule has 0 N–H and O–H groups in total. The van der Waals surface area contributed by atoms with Crippen LogP contribution in [-0.4, -0.2) is 28.8 Å². The fraction of sp³-hybridized carbons (Fsp3) is 0.353. The second-order valence-corrected chi connectivity index (χ2v) is 6.47. The standard InChI is InChI=1S/C17H17ClN2O4/c1-11-6-8-19(9-7-11)17(21)16-5-4-15(24-16)13-10-12(20(22)23)2-3-14(13)18/h2-5,10-11H,6-9H2,1H3. The number of halogens is 1. The molecule has 0 atom stereocenters. The third-order valence-corrected chi connectivity index (χ3v) is 4.64. The third kappa shape index (κ3) is 3.28. The molecule has 0 aliphatic carbocycles. The van der Waals surface area contributed by atoms with Gasteiger partial charge in [0.2, 0.25) is 0 Å². The van der Waals surface area contributed by atoms with Crippen LogP contribution in [0.15, 0.2) is 34.7 Å². The van der Waals surface area contributed by atoms with E-state index in [0.717, 1.165) is 12.8 Å². The van der Waals surface area contributed by atoms with Crippen molar-refractivity contribution in [3.05, 3.63) is 51.2 Å². The molecule has 0 spiro atoms. The van der Waals surface area contributed by atoms with Crippen LogP contribution in [0, 0.1) is 16.0 Å². The summed E-state index contributed by atoms with van der Waals surface area (Å²) in [5, 5.41) is 11.2. The van der Waals surface area contributed by atoms with Crippen molar-refractivity contribution in [3.63, 3.8) is 0 Å². The van der Waals surface area contributed by atoms with Crippen LogP contribution in [0.2, 0.25) is 5.02 Å². The molecule has 1 fully saturated rings. The molecule has 24 heavy (non-hydrogen) atoms. The van der Waals surface area contributed by atoms with E-state index < -0.39 is 4.92 Å². The van der Waals surface area contributed by atoms with Crippen molar-refractivity contribution >= 4 is 23.2 Å². The second kappa shape index (κ2) is 6.65. The first kappa shape index (κ1) is 16.5. The van der Waals surface area contributed by atoms with Crippen LogP contribution in [0.4, 0.5) is 5.69 Å². The number of benzene rings is 1. The first-order chi connectivity index (χ1) is 11.5. The predicted octanol–water partition coefficient (Wildman–Crippen LogP) is 4.38. The maximum atomic E-state index is 12.5. The van der Waals surface area contributed by atoms with Crippen LogP contribution in [0.25, 0.3) is 11.3 Å². The van der Waals surface area contributed by atoms with Gasteiger partial charge in [-0.15, -0.1) is 0 Å². The van der Waals surface area contributed by atoms with Crippen LogP contribution >= 0.6 is 11.6 Å². The Morgan fingerprint density at radius 2 is 2.00 bits per heavy atom. The number of nitro benzene ring substituents is 1. The lowest BCUT2D eigenvalue weighted by Crippen LogP contribution is -2.37. The topological polar surface area (TPSA) is 76.6 Å². The van der Waals surface area contributed by atoms with E-state index >= 15 is 0 Å². The third-order valence-electron chi connectivity index (χ3n) is 4.31. The monoisotopic (exact) mass is 348 g/mol. The number of nitrogens with zero attached hydrogens (tertiary/aromatic N) is 2. The Hall–Kier alpha value is -2.34. The maximum absolute atomic E-state index is 12.5. The largest absolute Gasteiger partial charge is 0.451 e. The molecule has 2 heterocycles. The van der Waals surface area contributed by atoms with Crippen LogP contribution < -0.4 is 0 Å². The smallest absolute Gasteiger partial charge is 0.289 e. The van der Waals surface area contributed by atoms with E-state index in [1.54, 1.807) is 17.0 Å². The van der Waals surface area contributed by atoms with Gasteiger partial charge < -0.3 is 9.32 Å². The van der Waals surface area contributed by atoms with E-state index in [4.69, 9.17) is 16.0 Å². The summed E-state index contributed by atoms with van der Waals surface area (Å²) in [7, 11) is 0. The first-order valence-electron chi connectivity index (χ1n) is 7.79. The summed E-state index contributed by atoms with van der Waals surface area (Å²) in [6, 6.07) is 7.33. The van der Waals surface area contributed by atoms with Gasteiger partial charge in [-0.1, -0.05) is 18.5 Å². The molecule has 1 aliphatic heterocycles. The minimum atomic E-state index is -0.496. The number of amides is 1. The number of piperidine rings is 1. The van der Waals surface area contributed by atoms with Gasteiger partial charge in [0.1, 0.15) is 5.76 Å². The summed E-state index contributed by atoms with van der Waals surface area (Å²) in [5.41, 5.74) is 0.320. The number of non-ortho nitro benzene ring substituents is 1. The number of carbonyl (C=O) groups is 1. The van der Waals surface area contributed by atoms with E-state index in [0.29, 0.717) is 35.4 Å². The van der Waals surface area contributed by atoms with Crippen LogP contribution in [0.1, 0.15) is 30.3 Å². The van der Waals surface area contributed by atoms with Gasteiger partial charge in [0, 0.05) is 30.8 Å². The molecule has 0 radical (unpaired) electrons. The van der Waals surface area contributed by atoms with Gasteiger partial charge in [0.25, 0.3) is 11.6 Å². The molecule has 7 heteroatoms. The molecule has 1 aromatic carbocycles. The molecule has 6 nitrogen and oxygen atoms in total. The fourth-order valence-corrected chi connectivity index (χ4v) is 2.99. The summed E-state index contributed by atoms with van der Waals surface area (Å²) in [6.07, 6.45) is 1.96. The maximum Gasteiger partial charge on any atom is 0.289 e. The van der Waals surface area contributed by atoms with Crippen molar-refractivity contribution in [3.8, 4) is 11.3 Å². The number of furan rings is 1. The molecule has 1 saturated heterocycles. The van der Waals surface area contributed by atoms with Crippen molar-refractivity contribution in [2.75, 3.05) is 13.1 Å². The van der Waals surface area contributed by atoms with E-state index in [9.17, 15) is 14.9 Å². The Morgan fingerprint density at radius 3 is 2.67 bits per heavy atom. The number of carbonyl (C=O) groups excluding carboxylic acids is 1. The lowest BCUT2D eigenvalue weighted by atomic mass is 9.99. The summed E-state index contributed by atoms with van der Waals surface area (Å²) >= 11 is 6.11. The lowest BCUT2D eigenvalue weighted by molar-refractivity contribution is -0.384. The van der Waals surface area contributed by atoms with E-state index in [-0.39, 0.29) is 17.4 Å². The number of rotatable bonds is 3. The Balaban J connectivity index is 1.84. The van der Waals surface area contributed by atoms with Gasteiger partial charge in [0.15, 0.2) is 5.76 Å². The molecule has 0 unspecified atom stereocenters. The molecule has 1 amide bonds. The van der Waals surface area contributed by atoms with Crippen molar-refractivity contribution in [2.45, 2.75) is 19.8 Å². The van der Waals surface area contributed by atoms with E-state index in [2.05, 4.69) is 6.92 Å². The summed E-state index contributed by atoms with van der Waals surface area (Å²) in [4.78, 5) is 24.7. The molecule has 1 aromatic heterocycles. The fourth-order valence-electron chi connectivity index (χ4n) is 2.78. The summed E-state index contributed by atoms with van der Waals surface area (Å²) in [6.45, 7) is 3.61. The first-order valence-corrected chi connectivity index (χ1v) is 8.17. The highest BCUT2D eigenvalue weighted by Crippen LogP contribution is 2.33. The molecular formula is C17H17ClN2O4. The van der Waals surface area contributed by atoms with Crippen molar-refractivity contribution in [1.29, 1.82) is 0 Å². The second-order valence-electron chi connectivity index (χ2n) is 6.06. The molecule has 3 rings (SSSR count). The average molecular weight is 349 g/mol. The molecule has 0 saturated carbocycles. The van der Waals surface area contributed by atoms with Gasteiger partial charge in [-0.05, 0) is 37.0 Å². The number of hydrogen-bond donors (Lipinski definition) is 0. The Labute approximate surface area is 144 Å². The number of hydrogen-bond acceptors (Lipinski definition) is 4. The van der Waals surface area contributed by atoms with Gasteiger partial charge in [-0.25, -0.2) is 0 Å². The van der Waals surface area contributed by atoms with Gasteiger partial charge in [-0.2, -0.15) is 0 Å². The van der Waals surface area contributed by atoms with Crippen molar-refractivity contribution in [2.24, 2.45) is 5.92 Å². The molecule has 2 aromatic rings. The highest BCUT2D eigenvalue weighted by Gasteiger charge is 2.24. The quantitative estimate of drug-likeness (QED) is 0.609. The van der Waals surface area contributed by atoms with E-state index in [1.165, 1.54) is 18.2 Å². The van der Waals surface area contributed by atoms with Crippen LogP contribution in [0.3, 0.4) is 0 Å². The van der Waals surface area contributed by atoms with Crippen molar-refractivity contribution < 1.29 is 14.1 Å². The van der Waals surface area contributed by atoms with Crippen LogP contribution in [0.5, 0.6) is 0 Å². The zero-order chi connectivity index (χ0) is 17.3. The molecule has 126 valence electrons. The SMILES string of the molecule is CC1CCN(C(=O)c2ccc(-c3cc([N+](=O)[O-])ccc3Cl)o2)CC1. The van der Waals surface area contributed by atoms with E-state index in [1.807, 2.05) is 0 Å². The van der Waals surface area contributed by atoms with Gasteiger partial charge in [0.05, 0.1) is 9.95 Å². The lowest BCUT2D eigenvalue weighted by Gasteiger charge is -2.29. The Kier molecular flexibility index (Phi) is 4.57. The summed E-state index contributed by atoms with van der Waals surface area (Å²) < 4.78 is 5.63. The Bertz CT molecular complexity index is 779. The zero-order valence-electron chi connectivity index (χ0n) is 13.2. The minimum absolute atomic E-state index is 0.0799. The molecule has 1 aliphatic rings. The highest BCUT2D eigenvalue weighted by molar-refractivity contribution is 6.33. The number of nitro groups is 1. The van der Waals surface area contributed by atoms with Gasteiger partial charge >= 0.3 is 0 Å². The summed E-state index contributed by atoms with van der Waals surface area (Å²) in [5.74, 6) is 1.04. The molecule has 0 bridgehead atoms. The van der Waals surface area contributed by atoms with Crippen molar-refractivity contribution in [1.82, 2.24) is 4.90 Å².